The zero-order chi connectivity index (χ0) is 12.4. The molecule has 2 heterocycles. The van der Waals surface area contributed by atoms with E-state index in [0.717, 1.165) is 35.1 Å². The third kappa shape index (κ3) is 2.13. The van der Waals surface area contributed by atoms with E-state index in [1.165, 1.54) is 0 Å². The van der Waals surface area contributed by atoms with E-state index in [2.05, 4.69) is 27.3 Å². The Kier molecular flexibility index (Phi) is 3.08. The Morgan fingerprint density at radius 2 is 2.06 bits per heavy atom. The van der Waals surface area contributed by atoms with E-state index in [1.807, 2.05) is 31.6 Å². The van der Waals surface area contributed by atoms with E-state index in [0.29, 0.717) is 0 Å². The van der Waals surface area contributed by atoms with Crippen molar-refractivity contribution in [3.8, 4) is 11.4 Å². The van der Waals surface area contributed by atoms with Gasteiger partial charge in [-0.2, -0.15) is 5.10 Å². The Bertz CT molecular complexity index is 530. The van der Waals surface area contributed by atoms with Crippen molar-refractivity contribution in [3.05, 3.63) is 23.7 Å². The Hall–Kier alpha value is -1.91. The third-order valence-corrected chi connectivity index (χ3v) is 2.67. The molecule has 0 radical (unpaired) electrons. The summed E-state index contributed by atoms with van der Waals surface area (Å²) >= 11 is 0. The van der Waals surface area contributed by atoms with Crippen molar-refractivity contribution >= 4 is 5.82 Å². The van der Waals surface area contributed by atoms with Crippen LogP contribution in [0.15, 0.2) is 12.3 Å². The maximum Gasteiger partial charge on any atom is 0.133 e. The molecule has 5 nitrogen and oxygen atoms in total. The lowest BCUT2D eigenvalue weighted by atomic mass is 10.1. The first-order valence-electron chi connectivity index (χ1n) is 5.71. The molecule has 2 aromatic rings. The van der Waals surface area contributed by atoms with Crippen molar-refractivity contribution < 1.29 is 0 Å². The topological polar surface area (TPSA) is 55.6 Å². The van der Waals surface area contributed by atoms with Gasteiger partial charge in [0.25, 0.3) is 0 Å². The average Bonchev–Trinajstić information content (AvgIpc) is 2.70. The first kappa shape index (κ1) is 11.6. The highest BCUT2D eigenvalue weighted by atomic mass is 15.3. The summed E-state index contributed by atoms with van der Waals surface area (Å²) in [4.78, 5) is 8.92. The molecule has 0 aliphatic heterocycles. The number of hydrogen-bond acceptors (Lipinski definition) is 4. The molecule has 0 fully saturated rings. The van der Waals surface area contributed by atoms with Crippen LogP contribution in [0.4, 0.5) is 5.82 Å². The molecule has 17 heavy (non-hydrogen) atoms. The van der Waals surface area contributed by atoms with Crippen LogP contribution >= 0.6 is 0 Å². The maximum absolute atomic E-state index is 4.51. The molecule has 0 aliphatic rings. The van der Waals surface area contributed by atoms with Gasteiger partial charge in [-0.25, -0.2) is 9.97 Å². The van der Waals surface area contributed by atoms with Crippen molar-refractivity contribution in [3.63, 3.8) is 0 Å². The fourth-order valence-corrected chi connectivity index (χ4v) is 1.82. The Balaban J connectivity index is 2.58. The Labute approximate surface area is 101 Å². The minimum Gasteiger partial charge on any atom is -0.370 e. The molecule has 0 spiro atoms. The zero-order valence-electron chi connectivity index (χ0n) is 10.7. The lowest BCUT2D eigenvalue weighted by molar-refractivity contribution is 0.771. The second kappa shape index (κ2) is 4.53. The standard InChI is InChI=1S/C12H17N5/c1-5-13-12-8(2)11(15-9(3)16-12)10-6-7-14-17(10)4/h6-7H,5H2,1-4H3,(H,13,15,16). The Morgan fingerprint density at radius 3 is 2.65 bits per heavy atom. The van der Waals surface area contributed by atoms with E-state index in [1.54, 1.807) is 6.20 Å². The SMILES string of the molecule is CCNc1nc(C)nc(-c2ccnn2C)c1C. The van der Waals surface area contributed by atoms with Crippen molar-refractivity contribution in [2.24, 2.45) is 7.05 Å². The van der Waals surface area contributed by atoms with Crippen LogP contribution in [0.2, 0.25) is 0 Å². The number of nitrogens with zero attached hydrogens (tertiary/aromatic N) is 4. The van der Waals surface area contributed by atoms with Gasteiger partial charge in [0.15, 0.2) is 0 Å². The van der Waals surface area contributed by atoms with Gasteiger partial charge in [-0.15, -0.1) is 0 Å². The van der Waals surface area contributed by atoms with Crippen LogP contribution in [0, 0.1) is 13.8 Å². The van der Waals surface area contributed by atoms with Gasteiger partial charge in [0.1, 0.15) is 11.6 Å². The predicted octanol–water partition coefficient (Wildman–Crippen LogP) is 1.93. The lowest BCUT2D eigenvalue weighted by Gasteiger charge is -2.12. The highest BCUT2D eigenvalue weighted by Crippen LogP contribution is 2.24. The number of nitrogens with one attached hydrogen (secondary N) is 1. The minimum absolute atomic E-state index is 0.766. The first-order valence-corrected chi connectivity index (χ1v) is 5.71. The van der Waals surface area contributed by atoms with Gasteiger partial charge in [-0.3, -0.25) is 4.68 Å². The number of hydrogen-bond donors (Lipinski definition) is 1. The smallest absolute Gasteiger partial charge is 0.133 e. The number of aryl methyl sites for hydroxylation is 2. The molecule has 0 aliphatic carbocycles. The molecule has 1 N–H and O–H groups in total. The van der Waals surface area contributed by atoms with Crippen molar-refractivity contribution in [2.75, 3.05) is 11.9 Å². The molecule has 0 amide bonds. The van der Waals surface area contributed by atoms with E-state index >= 15 is 0 Å². The first-order chi connectivity index (χ1) is 8.13. The zero-order valence-corrected chi connectivity index (χ0v) is 10.7. The Morgan fingerprint density at radius 1 is 1.29 bits per heavy atom. The van der Waals surface area contributed by atoms with Gasteiger partial charge < -0.3 is 5.32 Å². The largest absolute Gasteiger partial charge is 0.370 e. The van der Waals surface area contributed by atoms with Gasteiger partial charge in [0.05, 0.1) is 11.4 Å². The summed E-state index contributed by atoms with van der Waals surface area (Å²) in [5.41, 5.74) is 3.00. The van der Waals surface area contributed by atoms with E-state index in [4.69, 9.17) is 0 Å². The predicted molar refractivity (Wildman–Crippen MR) is 67.9 cm³/mol. The second-order valence-electron chi connectivity index (χ2n) is 3.96. The fourth-order valence-electron chi connectivity index (χ4n) is 1.82. The normalized spacial score (nSPS) is 10.6. The quantitative estimate of drug-likeness (QED) is 0.877. The number of rotatable bonds is 3. The van der Waals surface area contributed by atoms with Gasteiger partial charge in [0.2, 0.25) is 0 Å². The number of anilines is 1. The van der Waals surface area contributed by atoms with Crippen LogP contribution < -0.4 is 5.32 Å². The monoisotopic (exact) mass is 231 g/mol. The fraction of sp³-hybridized carbons (Fsp3) is 0.417. The van der Waals surface area contributed by atoms with Crippen LogP contribution in [0.5, 0.6) is 0 Å². The molecule has 90 valence electrons. The average molecular weight is 231 g/mol. The van der Waals surface area contributed by atoms with Gasteiger partial charge in [-0.05, 0) is 26.8 Å². The van der Waals surface area contributed by atoms with Crippen LogP contribution in [0.25, 0.3) is 11.4 Å². The molecule has 2 aromatic heterocycles. The van der Waals surface area contributed by atoms with Crippen LogP contribution in [-0.2, 0) is 7.05 Å². The molecule has 0 bridgehead atoms. The summed E-state index contributed by atoms with van der Waals surface area (Å²) < 4.78 is 1.82. The van der Waals surface area contributed by atoms with Gasteiger partial charge in [0, 0.05) is 25.4 Å². The van der Waals surface area contributed by atoms with Gasteiger partial charge >= 0.3 is 0 Å². The number of aromatic nitrogens is 4. The van der Waals surface area contributed by atoms with Crippen molar-refractivity contribution in [2.45, 2.75) is 20.8 Å². The highest BCUT2D eigenvalue weighted by molar-refractivity contribution is 5.65. The summed E-state index contributed by atoms with van der Waals surface area (Å²) in [6, 6.07) is 1.96. The molecule has 0 saturated carbocycles. The minimum atomic E-state index is 0.766. The van der Waals surface area contributed by atoms with E-state index < -0.39 is 0 Å². The molecule has 0 aromatic carbocycles. The van der Waals surface area contributed by atoms with Crippen molar-refractivity contribution in [1.82, 2.24) is 19.7 Å². The molecule has 2 rings (SSSR count). The van der Waals surface area contributed by atoms with Crippen LogP contribution in [0.1, 0.15) is 18.3 Å². The summed E-state index contributed by atoms with van der Waals surface area (Å²) in [7, 11) is 1.92. The molecule has 5 heteroatoms. The maximum atomic E-state index is 4.51. The molecule has 0 unspecified atom stereocenters. The second-order valence-corrected chi connectivity index (χ2v) is 3.96. The summed E-state index contributed by atoms with van der Waals surface area (Å²) in [6.45, 7) is 6.84. The molecular formula is C12H17N5. The summed E-state index contributed by atoms with van der Waals surface area (Å²) in [6.07, 6.45) is 1.78. The van der Waals surface area contributed by atoms with E-state index in [9.17, 15) is 0 Å². The lowest BCUT2D eigenvalue weighted by Crippen LogP contribution is -2.07. The van der Waals surface area contributed by atoms with Crippen molar-refractivity contribution in [1.29, 1.82) is 0 Å². The van der Waals surface area contributed by atoms with Gasteiger partial charge in [-0.1, -0.05) is 0 Å². The molecule has 0 atom stereocenters. The highest BCUT2D eigenvalue weighted by Gasteiger charge is 2.12. The van der Waals surface area contributed by atoms with E-state index in [-0.39, 0.29) is 0 Å². The summed E-state index contributed by atoms with van der Waals surface area (Å²) in [5.74, 6) is 1.67. The van der Waals surface area contributed by atoms with Crippen LogP contribution in [0.3, 0.4) is 0 Å². The molecule has 0 saturated heterocycles. The third-order valence-electron chi connectivity index (χ3n) is 2.67. The van der Waals surface area contributed by atoms with Crippen LogP contribution in [-0.4, -0.2) is 26.3 Å². The summed E-state index contributed by atoms with van der Waals surface area (Å²) in [5, 5.41) is 7.43. The molecular weight excluding hydrogens is 214 g/mol.